The van der Waals surface area contributed by atoms with Crippen LogP contribution in [0.15, 0.2) is 53.1 Å². The van der Waals surface area contributed by atoms with Crippen molar-refractivity contribution in [3.05, 3.63) is 76.5 Å². The van der Waals surface area contributed by atoms with Crippen molar-refractivity contribution < 1.29 is 18.9 Å². The largest absolute Gasteiger partial charge is 0.360 e. The molecule has 2 aromatic carbocycles. The number of aromatic nitrogens is 1. The molecule has 1 aliphatic heterocycles. The maximum absolute atomic E-state index is 12.8. The van der Waals surface area contributed by atoms with Crippen molar-refractivity contribution in [1.82, 2.24) is 5.16 Å². The summed E-state index contributed by atoms with van der Waals surface area (Å²) >= 11 is 0. The van der Waals surface area contributed by atoms with Crippen LogP contribution in [0.4, 0.5) is 11.5 Å². The molecule has 1 N–H and O–H groups in total. The summed E-state index contributed by atoms with van der Waals surface area (Å²) in [6, 6.07) is 13.2. The Balaban J connectivity index is 1.66. The third kappa shape index (κ3) is 2.79. The molecule has 0 bridgehead atoms. The summed E-state index contributed by atoms with van der Waals surface area (Å²) in [6.07, 6.45) is 0. The van der Waals surface area contributed by atoms with Crippen LogP contribution in [0.5, 0.6) is 0 Å². The summed E-state index contributed by atoms with van der Waals surface area (Å²) in [5.74, 6) is -0.448. The van der Waals surface area contributed by atoms with Gasteiger partial charge in [0.2, 0.25) is 0 Å². The summed E-state index contributed by atoms with van der Waals surface area (Å²) in [5, 5.41) is 6.30. The number of fused-ring (bicyclic) bond motifs is 1. The van der Waals surface area contributed by atoms with Crippen molar-refractivity contribution in [2.24, 2.45) is 0 Å². The second kappa shape index (κ2) is 6.21. The number of nitrogens with one attached hydrogen (secondary N) is 1. The fraction of sp³-hybridized carbons (Fsp3) is 0.100. The van der Waals surface area contributed by atoms with Gasteiger partial charge in [-0.1, -0.05) is 23.4 Å². The van der Waals surface area contributed by atoms with E-state index in [1.807, 2.05) is 19.1 Å². The van der Waals surface area contributed by atoms with E-state index in [2.05, 4.69) is 10.5 Å². The van der Waals surface area contributed by atoms with Gasteiger partial charge >= 0.3 is 0 Å². The van der Waals surface area contributed by atoms with Crippen LogP contribution in [-0.2, 0) is 0 Å². The maximum atomic E-state index is 12.8. The molecule has 0 fully saturated rings. The molecule has 2 heterocycles. The molecule has 0 atom stereocenters. The highest BCUT2D eigenvalue weighted by molar-refractivity contribution is 6.35. The Kier molecular flexibility index (Phi) is 3.84. The molecule has 1 aromatic heterocycles. The van der Waals surface area contributed by atoms with Crippen LogP contribution >= 0.6 is 0 Å². The first-order valence-electron chi connectivity index (χ1n) is 8.29. The standard InChI is InChI=1S/C20H15N3O4/c1-11-5-3-4-6-16(11)23-19(25)14-8-7-13(10-15(14)20(23)26)18(24)21-17-9-12(2)27-22-17/h3-10H,1-2H3,(H,21,22,24). The number of benzene rings is 2. The number of para-hydroxylation sites is 1. The van der Waals surface area contributed by atoms with Gasteiger partial charge in [-0.2, -0.15) is 0 Å². The molecule has 0 unspecified atom stereocenters. The average Bonchev–Trinajstić information content (AvgIpc) is 3.17. The Morgan fingerprint density at radius 2 is 1.74 bits per heavy atom. The number of aryl methyl sites for hydroxylation is 2. The van der Waals surface area contributed by atoms with Crippen molar-refractivity contribution in [3.8, 4) is 0 Å². The minimum Gasteiger partial charge on any atom is -0.360 e. The molecule has 0 spiro atoms. The maximum Gasteiger partial charge on any atom is 0.266 e. The molecule has 7 heteroatoms. The molecular weight excluding hydrogens is 346 g/mol. The van der Waals surface area contributed by atoms with Gasteiger partial charge in [0.1, 0.15) is 5.76 Å². The summed E-state index contributed by atoms with van der Waals surface area (Å²) in [5.41, 5.74) is 2.07. The van der Waals surface area contributed by atoms with Crippen LogP contribution in [0.25, 0.3) is 0 Å². The monoisotopic (exact) mass is 361 g/mol. The summed E-state index contributed by atoms with van der Waals surface area (Å²) in [7, 11) is 0. The van der Waals surface area contributed by atoms with Crippen molar-refractivity contribution in [1.29, 1.82) is 0 Å². The van der Waals surface area contributed by atoms with E-state index >= 15 is 0 Å². The van der Waals surface area contributed by atoms with E-state index in [9.17, 15) is 14.4 Å². The topological polar surface area (TPSA) is 92.5 Å². The molecule has 3 amide bonds. The lowest BCUT2D eigenvalue weighted by Gasteiger charge is -2.16. The van der Waals surface area contributed by atoms with Gasteiger partial charge in [-0.3, -0.25) is 14.4 Å². The van der Waals surface area contributed by atoms with Crippen molar-refractivity contribution >= 4 is 29.2 Å². The molecule has 27 heavy (non-hydrogen) atoms. The third-order valence-electron chi connectivity index (χ3n) is 4.37. The van der Waals surface area contributed by atoms with Crippen molar-refractivity contribution in [3.63, 3.8) is 0 Å². The minimum atomic E-state index is -0.448. The Morgan fingerprint density at radius 3 is 2.44 bits per heavy atom. The third-order valence-corrected chi connectivity index (χ3v) is 4.37. The number of amides is 3. The molecule has 134 valence electrons. The van der Waals surface area contributed by atoms with E-state index in [1.54, 1.807) is 25.1 Å². The zero-order chi connectivity index (χ0) is 19.1. The van der Waals surface area contributed by atoms with Crippen LogP contribution in [0, 0.1) is 13.8 Å². The van der Waals surface area contributed by atoms with E-state index in [-0.39, 0.29) is 22.5 Å². The Labute approximate surface area is 154 Å². The van der Waals surface area contributed by atoms with Gasteiger partial charge in [0, 0.05) is 11.6 Å². The molecule has 0 aliphatic carbocycles. The van der Waals surface area contributed by atoms with E-state index in [1.165, 1.54) is 18.2 Å². The lowest BCUT2D eigenvalue weighted by molar-refractivity contribution is 0.0925. The molecule has 1 aliphatic rings. The highest BCUT2D eigenvalue weighted by Crippen LogP contribution is 2.31. The van der Waals surface area contributed by atoms with Crippen LogP contribution in [0.1, 0.15) is 42.4 Å². The molecule has 7 nitrogen and oxygen atoms in total. The van der Waals surface area contributed by atoms with Gasteiger partial charge < -0.3 is 9.84 Å². The second-order valence-corrected chi connectivity index (χ2v) is 6.27. The summed E-state index contributed by atoms with van der Waals surface area (Å²) < 4.78 is 4.91. The Bertz CT molecular complexity index is 1100. The first-order chi connectivity index (χ1) is 13.0. The van der Waals surface area contributed by atoms with Crippen molar-refractivity contribution in [2.75, 3.05) is 10.2 Å². The van der Waals surface area contributed by atoms with E-state index in [0.29, 0.717) is 11.4 Å². The molecule has 0 radical (unpaired) electrons. The molecule has 0 saturated heterocycles. The van der Waals surface area contributed by atoms with Gasteiger partial charge in [-0.05, 0) is 43.7 Å². The number of hydrogen-bond donors (Lipinski definition) is 1. The van der Waals surface area contributed by atoms with E-state index in [0.717, 1.165) is 10.5 Å². The van der Waals surface area contributed by atoms with Gasteiger partial charge in [0.05, 0.1) is 16.8 Å². The first kappa shape index (κ1) is 16.7. The number of carbonyl (C=O) groups excluding carboxylic acids is 3. The summed E-state index contributed by atoms with van der Waals surface area (Å²) in [6.45, 7) is 3.54. The Morgan fingerprint density at radius 1 is 1.00 bits per heavy atom. The minimum absolute atomic E-state index is 0.201. The van der Waals surface area contributed by atoms with Crippen molar-refractivity contribution in [2.45, 2.75) is 13.8 Å². The highest BCUT2D eigenvalue weighted by Gasteiger charge is 2.37. The number of imide groups is 1. The normalized spacial score (nSPS) is 13.0. The second-order valence-electron chi connectivity index (χ2n) is 6.27. The first-order valence-corrected chi connectivity index (χ1v) is 8.29. The fourth-order valence-electron chi connectivity index (χ4n) is 3.03. The van der Waals surface area contributed by atoms with Gasteiger partial charge in [0.15, 0.2) is 5.82 Å². The fourth-order valence-corrected chi connectivity index (χ4v) is 3.03. The number of nitrogens with zero attached hydrogens (tertiary/aromatic N) is 2. The van der Waals surface area contributed by atoms with Gasteiger partial charge in [0.25, 0.3) is 17.7 Å². The van der Waals surface area contributed by atoms with E-state index < -0.39 is 17.7 Å². The molecular formula is C20H15N3O4. The van der Waals surface area contributed by atoms with Crippen LogP contribution in [0.2, 0.25) is 0 Å². The Hall–Kier alpha value is -3.74. The van der Waals surface area contributed by atoms with Gasteiger partial charge in [-0.15, -0.1) is 0 Å². The van der Waals surface area contributed by atoms with E-state index in [4.69, 9.17) is 4.52 Å². The number of carbonyl (C=O) groups is 3. The predicted molar refractivity (Wildman–Crippen MR) is 98.0 cm³/mol. The number of rotatable bonds is 3. The number of hydrogen-bond acceptors (Lipinski definition) is 5. The van der Waals surface area contributed by atoms with Crippen LogP contribution in [0.3, 0.4) is 0 Å². The van der Waals surface area contributed by atoms with Crippen LogP contribution < -0.4 is 10.2 Å². The predicted octanol–water partition coefficient (Wildman–Crippen LogP) is 3.34. The molecule has 4 rings (SSSR count). The highest BCUT2D eigenvalue weighted by atomic mass is 16.5. The quantitative estimate of drug-likeness (QED) is 0.722. The zero-order valence-corrected chi connectivity index (χ0v) is 14.6. The molecule has 3 aromatic rings. The lowest BCUT2D eigenvalue weighted by Crippen LogP contribution is -2.29. The van der Waals surface area contributed by atoms with Gasteiger partial charge in [-0.25, -0.2) is 4.90 Å². The van der Waals surface area contributed by atoms with Crippen LogP contribution in [-0.4, -0.2) is 22.9 Å². The smallest absolute Gasteiger partial charge is 0.266 e. The number of anilines is 2. The molecule has 0 saturated carbocycles. The lowest BCUT2D eigenvalue weighted by atomic mass is 10.1. The zero-order valence-electron chi connectivity index (χ0n) is 14.6. The SMILES string of the molecule is Cc1cc(NC(=O)c2ccc3c(c2)C(=O)N(c2ccccc2C)C3=O)no1. The average molecular weight is 361 g/mol. The summed E-state index contributed by atoms with van der Waals surface area (Å²) in [4.78, 5) is 39.1.